The van der Waals surface area contributed by atoms with Crippen LogP contribution in [-0.2, 0) is 7.05 Å². The maximum Gasteiger partial charge on any atom is 0.178 e. The molecule has 0 saturated heterocycles. The molecule has 6 nitrogen and oxygen atoms in total. The molecule has 0 atom stereocenters. The summed E-state index contributed by atoms with van der Waals surface area (Å²) < 4.78 is 28.7. The van der Waals surface area contributed by atoms with Crippen LogP contribution in [0.15, 0.2) is 67.1 Å². The van der Waals surface area contributed by atoms with Crippen molar-refractivity contribution in [2.24, 2.45) is 7.05 Å². The van der Waals surface area contributed by atoms with Crippen LogP contribution < -0.4 is 0 Å². The Labute approximate surface area is 169 Å². The molecule has 0 saturated carbocycles. The number of hydrogen-bond acceptors (Lipinski definition) is 5. The van der Waals surface area contributed by atoms with Crippen molar-refractivity contribution in [3.8, 4) is 33.9 Å². The van der Waals surface area contributed by atoms with Crippen molar-refractivity contribution < 1.29 is 8.78 Å². The summed E-state index contributed by atoms with van der Waals surface area (Å²) in [6, 6.07) is 13.8. The Morgan fingerprint density at radius 2 is 1.37 bits per heavy atom. The van der Waals surface area contributed by atoms with Crippen LogP contribution in [0, 0.1) is 11.6 Å². The second-order valence-corrected chi connectivity index (χ2v) is 6.77. The van der Waals surface area contributed by atoms with E-state index in [4.69, 9.17) is 4.98 Å². The van der Waals surface area contributed by atoms with Gasteiger partial charge in [-0.15, -0.1) is 10.2 Å². The zero-order chi connectivity index (χ0) is 20.7. The van der Waals surface area contributed by atoms with Gasteiger partial charge in [0.15, 0.2) is 11.5 Å². The predicted molar refractivity (Wildman–Crippen MR) is 108 cm³/mol. The maximum atomic E-state index is 13.5. The Balaban J connectivity index is 1.75. The lowest BCUT2D eigenvalue weighted by Gasteiger charge is -2.11. The summed E-state index contributed by atoms with van der Waals surface area (Å²) in [6.45, 7) is 0. The molecule has 5 rings (SSSR count). The quantitative estimate of drug-likeness (QED) is 0.448. The van der Waals surface area contributed by atoms with Gasteiger partial charge in [-0.3, -0.25) is 0 Å². The first-order chi connectivity index (χ1) is 14.6. The molecule has 0 radical (unpaired) electrons. The largest absolute Gasteiger partial charge is 0.317 e. The molecule has 3 heterocycles. The molecule has 0 spiro atoms. The van der Waals surface area contributed by atoms with Crippen LogP contribution in [-0.4, -0.2) is 29.7 Å². The van der Waals surface area contributed by atoms with Gasteiger partial charge >= 0.3 is 0 Å². The number of aromatic nitrogens is 6. The van der Waals surface area contributed by atoms with E-state index in [-0.39, 0.29) is 11.6 Å². The van der Waals surface area contributed by atoms with Gasteiger partial charge in [0, 0.05) is 29.9 Å². The Morgan fingerprint density at radius 3 is 1.93 bits per heavy atom. The molecule has 0 unspecified atom stereocenters. The van der Waals surface area contributed by atoms with Gasteiger partial charge < -0.3 is 4.57 Å². The van der Waals surface area contributed by atoms with Gasteiger partial charge in [0.25, 0.3) is 0 Å². The first-order valence-corrected chi connectivity index (χ1v) is 9.12. The zero-order valence-corrected chi connectivity index (χ0v) is 15.8. The lowest BCUT2D eigenvalue weighted by Crippen LogP contribution is -1.99. The minimum Gasteiger partial charge on any atom is -0.317 e. The summed E-state index contributed by atoms with van der Waals surface area (Å²) >= 11 is 0. The average Bonchev–Trinajstić information content (AvgIpc) is 3.19. The van der Waals surface area contributed by atoms with Crippen LogP contribution in [0.2, 0.25) is 0 Å². The number of fused-ring (bicyclic) bond motifs is 1. The third kappa shape index (κ3) is 3.18. The van der Waals surface area contributed by atoms with Crippen molar-refractivity contribution in [1.29, 1.82) is 0 Å². The third-order valence-corrected chi connectivity index (χ3v) is 4.73. The van der Waals surface area contributed by atoms with Crippen LogP contribution in [0.5, 0.6) is 0 Å². The van der Waals surface area contributed by atoms with E-state index in [9.17, 15) is 8.78 Å². The first kappa shape index (κ1) is 18.0. The van der Waals surface area contributed by atoms with Crippen molar-refractivity contribution in [2.45, 2.75) is 0 Å². The van der Waals surface area contributed by atoms with Crippen molar-refractivity contribution in [3.63, 3.8) is 0 Å². The van der Waals surface area contributed by atoms with Crippen molar-refractivity contribution in [1.82, 2.24) is 29.7 Å². The molecule has 146 valence electrons. The second-order valence-electron chi connectivity index (χ2n) is 6.77. The molecule has 8 heteroatoms. The van der Waals surface area contributed by atoms with E-state index in [1.807, 2.05) is 13.1 Å². The lowest BCUT2D eigenvalue weighted by molar-refractivity contribution is 0.627. The average molecular weight is 400 g/mol. The molecular weight excluding hydrogens is 386 g/mol. The van der Waals surface area contributed by atoms with E-state index >= 15 is 0 Å². The SMILES string of the molecule is Cn1cnnc1-c1cnc2nc(-c3ccc(F)cc3)c(-c3ccc(F)cc3)nc2c1. The van der Waals surface area contributed by atoms with Gasteiger partial charge in [0.1, 0.15) is 23.5 Å². The number of aryl methyl sites for hydroxylation is 1. The molecule has 2 aromatic carbocycles. The first-order valence-electron chi connectivity index (χ1n) is 9.12. The van der Waals surface area contributed by atoms with Crippen LogP contribution in [0.25, 0.3) is 45.1 Å². The van der Waals surface area contributed by atoms with Crippen LogP contribution in [0.1, 0.15) is 0 Å². The Bertz CT molecular complexity index is 1360. The standard InChI is InChI=1S/C22H14F2N6/c1-30-12-26-29-22(30)15-10-18-21(25-11-15)28-20(14-4-8-17(24)9-5-14)19(27-18)13-2-6-16(23)7-3-13/h2-12H,1H3. The highest BCUT2D eigenvalue weighted by Crippen LogP contribution is 2.31. The lowest BCUT2D eigenvalue weighted by atomic mass is 10.0. The van der Waals surface area contributed by atoms with Crippen LogP contribution >= 0.6 is 0 Å². The summed E-state index contributed by atoms with van der Waals surface area (Å²) in [5.74, 6) is -0.0403. The Hall–Kier alpha value is -4.07. The topological polar surface area (TPSA) is 69.4 Å². The highest BCUT2D eigenvalue weighted by molar-refractivity contribution is 5.86. The fraction of sp³-hybridized carbons (Fsp3) is 0.0455. The van der Waals surface area contributed by atoms with Crippen molar-refractivity contribution in [3.05, 3.63) is 78.8 Å². The second kappa shape index (κ2) is 7.07. The number of halogens is 2. The van der Waals surface area contributed by atoms with Gasteiger partial charge in [-0.25, -0.2) is 23.7 Å². The van der Waals surface area contributed by atoms with Crippen molar-refractivity contribution in [2.75, 3.05) is 0 Å². The summed E-state index contributed by atoms with van der Waals surface area (Å²) in [4.78, 5) is 13.9. The number of hydrogen-bond donors (Lipinski definition) is 0. The van der Waals surface area contributed by atoms with Crippen molar-refractivity contribution >= 4 is 11.2 Å². The zero-order valence-electron chi connectivity index (χ0n) is 15.8. The molecule has 3 aromatic heterocycles. The van der Waals surface area contributed by atoms with Gasteiger partial charge in [-0.2, -0.15) is 0 Å². The highest BCUT2D eigenvalue weighted by Gasteiger charge is 2.16. The maximum absolute atomic E-state index is 13.5. The van der Waals surface area contributed by atoms with E-state index in [1.165, 1.54) is 24.3 Å². The minimum atomic E-state index is -0.345. The molecule has 0 aliphatic heterocycles. The molecular formula is C22H14F2N6. The van der Waals surface area contributed by atoms with E-state index in [2.05, 4.69) is 20.2 Å². The fourth-order valence-corrected chi connectivity index (χ4v) is 3.23. The predicted octanol–water partition coefficient (Wildman–Crippen LogP) is 4.43. The fourth-order valence-electron chi connectivity index (χ4n) is 3.23. The molecule has 0 amide bonds. The molecule has 0 bridgehead atoms. The van der Waals surface area contributed by atoms with E-state index in [0.29, 0.717) is 39.5 Å². The summed E-state index contributed by atoms with van der Waals surface area (Å²) in [7, 11) is 1.84. The van der Waals surface area contributed by atoms with Crippen LogP contribution in [0.4, 0.5) is 8.78 Å². The molecule has 30 heavy (non-hydrogen) atoms. The molecule has 0 aliphatic carbocycles. The van der Waals surface area contributed by atoms with E-state index in [1.54, 1.807) is 41.4 Å². The number of benzene rings is 2. The van der Waals surface area contributed by atoms with Gasteiger partial charge in [0.2, 0.25) is 0 Å². The number of nitrogens with zero attached hydrogens (tertiary/aromatic N) is 6. The molecule has 0 N–H and O–H groups in total. The van der Waals surface area contributed by atoms with Gasteiger partial charge in [0.05, 0.1) is 11.4 Å². The Morgan fingerprint density at radius 1 is 0.767 bits per heavy atom. The van der Waals surface area contributed by atoms with Crippen LogP contribution in [0.3, 0.4) is 0 Å². The summed E-state index contributed by atoms with van der Waals surface area (Å²) in [6.07, 6.45) is 3.26. The highest BCUT2D eigenvalue weighted by atomic mass is 19.1. The summed E-state index contributed by atoms with van der Waals surface area (Å²) in [5.41, 5.74) is 4.20. The molecule has 0 aliphatic rings. The summed E-state index contributed by atoms with van der Waals surface area (Å²) in [5, 5.41) is 8.00. The van der Waals surface area contributed by atoms with Gasteiger partial charge in [-0.05, 0) is 54.6 Å². The Kier molecular flexibility index (Phi) is 4.24. The number of rotatable bonds is 3. The van der Waals surface area contributed by atoms with E-state index in [0.717, 1.165) is 5.56 Å². The molecule has 5 aromatic rings. The van der Waals surface area contributed by atoms with Gasteiger partial charge in [-0.1, -0.05) is 0 Å². The minimum absolute atomic E-state index is 0.345. The normalized spacial score (nSPS) is 11.2. The van der Waals surface area contributed by atoms with E-state index < -0.39 is 0 Å². The smallest absolute Gasteiger partial charge is 0.178 e. The number of pyridine rings is 1. The third-order valence-electron chi connectivity index (χ3n) is 4.73. The molecule has 0 fully saturated rings. The monoisotopic (exact) mass is 400 g/mol.